The highest BCUT2D eigenvalue weighted by atomic mass is 16.2. The summed E-state index contributed by atoms with van der Waals surface area (Å²) in [5.41, 5.74) is 10.5. The Morgan fingerprint density at radius 2 is 1.89 bits per heavy atom. The van der Waals surface area contributed by atoms with Gasteiger partial charge in [-0.05, 0) is 32.1 Å². The first-order chi connectivity index (χ1) is 8.49. The van der Waals surface area contributed by atoms with Crippen LogP contribution < -0.4 is 16.8 Å². The normalized spacial score (nSPS) is 24.3. The number of piperidine rings is 1. The first-order valence-electron chi connectivity index (χ1n) is 6.60. The minimum atomic E-state index is -0.621. The van der Waals surface area contributed by atoms with Crippen molar-refractivity contribution in [3.63, 3.8) is 0 Å². The molecule has 0 aromatic rings. The number of hydrogen-bond acceptors (Lipinski definition) is 4. The maximum Gasteiger partial charge on any atom is 0.240 e. The summed E-state index contributed by atoms with van der Waals surface area (Å²) in [6.45, 7) is 1.90. The number of nitrogens with zero attached hydrogens (tertiary/aromatic N) is 1. The van der Waals surface area contributed by atoms with Crippen molar-refractivity contribution in [1.29, 1.82) is 0 Å². The van der Waals surface area contributed by atoms with Crippen LogP contribution in [0.5, 0.6) is 0 Å². The molecule has 1 heterocycles. The van der Waals surface area contributed by atoms with Crippen LogP contribution in [0.1, 0.15) is 32.1 Å². The van der Waals surface area contributed by atoms with Crippen LogP contribution in [0.2, 0.25) is 0 Å². The molecule has 0 unspecified atom stereocenters. The van der Waals surface area contributed by atoms with Gasteiger partial charge in [0.25, 0.3) is 0 Å². The number of carbonyl (C=O) groups is 2. The third kappa shape index (κ3) is 3.00. The highest BCUT2D eigenvalue weighted by Crippen LogP contribution is 2.29. The molecule has 0 aromatic carbocycles. The largest absolute Gasteiger partial charge is 0.369 e. The lowest BCUT2D eigenvalue weighted by atomic mass is 9.77. The van der Waals surface area contributed by atoms with E-state index in [1.165, 1.54) is 0 Å². The SMILES string of the molecule is NC(=O)CN1CCC(NC(=O)C2(N)CCC2)CC1. The van der Waals surface area contributed by atoms with Crippen molar-refractivity contribution in [3.05, 3.63) is 0 Å². The van der Waals surface area contributed by atoms with Gasteiger partial charge in [-0.2, -0.15) is 0 Å². The van der Waals surface area contributed by atoms with Crippen LogP contribution in [0, 0.1) is 0 Å². The van der Waals surface area contributed by atoms with E-state index in [4.69, 9.17) is 11.5 Å². The van der Waals surface area contributed by atoms with Gasteiger partial charge in [0.05, 0.1) is 12.1 Å². The maximum atomic E-state index is 12.0. The van der Waals surface area contributed by atoms with Gasteiger partial charge < -0.3 is 16.8 Å². The van der Waals surface area contributed by atoms with Gasteiger partial charge in [-0.25, -0.2) is 0 Å². The Morgan fingerprint density at radius 3 is 2.33 bits per heavy atom. The Morgan fingerprint density at radius 1 is 1.28 bits per heavy atom. The van der Waals surface area contributed by atoms with E-state index >= 15 is 0 Å². The van der Waals surface area contributed by atoms with E-state index in [0.29, 0.717) is 6.54 Å². The van der Waals surface area contributed by atoms with E-state index in [9.17, 15) is 9.59 Å². The Balaban J connectivity index is 1.73. The van der Waals surface area contributed by atoms with Gasteiger partial charge in [0.15, 0.2) is 0 Å². The average Bonchev–Trinajstić information content (AvgIpc) is 2.28. The zero-order valence-electron chi connectivity index (χ0n) is 10.7. The first kappa shape index (κ1) is 13.3. The molecule has 5 N–H and O–H groups in total. The molecule has 6 heteroatoms. The van der Waals surface area contributed by atoms with Crippen molar-refractivity contribution in [3.8, 4) is 0 Å². The summed E-state index contributed by atoms with van der Waals surface area (Å²) in [6, 6.07) is 0.183. The van der Waals surface area contributed by atoms with E-state index in [1.54, 1.807) is 0 Å². The monoisotopic (exact) mass is 254 g/mol. The highest BCUT2D eigenvalue weighted by Gasteiger charge is 2.40. The summed E-state index contributed by atoms with van der Waals surface area (Å²) in [4.78, 5) is 24.8. The molecule has 18 heavy (non-hydrogen) atoms. The Bertz CT molecular complexity index is 333. The lowest BCUT2D eigenvalue weighted by Crippen LogP contribution is -2.61. The van der Waals surface area contributed by atoms with Gasteiger partial charge in [0.2, 0.25) is 11.8 Å². The average molecular weight is 254 g/mol. The molecule has 6 nitrogen and oxygen atoms in total. The molecule has 1 aliphatic carbocycles. The molecule has 2 amide bonds. The second-order valence-corrected chi connectivity index (χ2v) is 5.50. The fourth-order valence-corrected chi connectivity index (χ4v) is 2.57. The van der Waals surface area contributed by atoms with Crippen LogP contribution in [0.25, 0.3) is 0 Å². The number of carbonyl (C=O) groups excluding carboxylic acids is 2. The van der Waals surface area contributed by atoms with Crippen LogP contribution in [-0.4, -0.2) is 47.9 Å². The minimum absolute atomic E-state index is 0.0119. The third-order valence-corrected chi connectivity index (χ3v) is 4.00. The van der Waals surface area contributed by atoms with E-state index in [0.717, 1.165) is 45.2 Å². The molecule has 0 atom stereocenters. The predicted octanol–water partition coefficient (Wildman–Crippen LogP) is -1.07. The van der Waals surface area contributed by atoms with Crippen LogP contribution in [-0.2, 0) is 9.59 Å². The fourth-order valence-electron chi connectivity index (χ4n) is 2.57. The Labute approximate surface area is 107 Å². The molecule has 0 spiro atoms. The van der Waals surface area contributed by atoms with Gasteiger partial charge in [0.1, 0.15) is 0 Å². The molecule has 2 aliphatic rings. The lowest BCUT2D eigenvalue weighted by molar-refractivity contribution is -0.130. The van der Waals surface area contributed by atoms with Gasteiger partial charge in [0, 0.05) is 19.1 Å². The van der Waals surface area contributed by atoms with Crippen LogP contribution in [0.3, 0.4) is 0 Å². The second-order valence-electron chi connectivity index (χ2n) is 5.50. The molecule has 1 saturated heterocycles. The van der Waals surface area contributed by atoms with Crippen LogP contribution >= 0.6 is 0 Å². The number of amides is 2. The van der Waals surface area contributed by atoms with Crippen molar-refractivity contribution in [2.45, 2.75) is 43.7 Å². The number of primary amides is 1. The van der Waals surface area contributed by atoms with E-state index in [1.807, 2.05) is 4.90 Å². The molecule has 1 aliphatic heterocycles. The molecule has 2 rings (SSSR count). The van der Waals surface area contributed by atoms with Crippen molar-refractivity contribution in [2.24, 2.45) is 11.5 Å². The van der Waals surface area contributed by atoms with Gasteiger partial charge >= 0.3 is 0 Å². The van der Waals surface area contributed by atoms with E-state index < -0.39 is 5.54 Å². The number of nitrogens with two attached hydrogens (primary N) is 2. The number of hydrogen-bond donors (Lipinski definition) is 3. The molecular weight excluding hydrogens is 232 g/mol. The summed E-state index contributed by atoms with van der Waals surface area (Å²) in [6.07, 6.45) is 4.34. The van der Waals surface area contributed by atoms with E-state index in [-0.39, 0.29) is 17.9 Å². The molecule has 0 aromatic heterocycles. The molecule has 0 bridgehead atoms. The van der Waals surface area contributed by atoms with Gasteiger partial charge in [-0.3, -0.25) is 14.5 Å². The molecule has 102 valence electrons. The molecule has 2 fully saturated rings. The number of likely N-dealkylation sites (tertiary alicyclic amines) is 1. The predicted molar refractivity (Wildman–Crippen MR) is 67.6 cm³/mol. The van der Waals surface area contributed by atoms with Gasteiger partial charge in [-0.15, -0.1) is 0 Å². The van der Waals surface area contributed by atoms with E-state index in [2.05, 4.69) is 5.32 Å². The summed E-state index contributed by atoms with van der Waals surface area (Å²) < 4.78 is 0. The van der Waals surface area contributed by atoms with Crippen LogP contribution in [0.15, 0.2) is 0 Å². The standard InChI is InChI=1S/C12H22N4O2/c13-10(17)8-16-6-2-9(3-7-16)15-11(18)12(14)4-1-5-12/h9H,1-8,14H2,(H2,13,17)(H,15,18). The maximum absolute atomic E-state index is 12.0. The van der Waals surface area contributed by atoms with Crippen molar-refractivity contribution < 1.29 is 9.59 Å². The third-order valence-electron chi connectivity index (χ3n) is 4.00. The number of nitrogens with one attached hydrogen (secondary N) is 1. The summed E-state index contributed by atoms with van der Waals surface area (Å²) >= 11 is 0. The number of rotatable bonds is 4. The lowest BCUT2D eigenvalue weighted by Gasteiger charge is -2.39. The molecule has 1 saturated carbocycles. The Kier molecular flexibility index (Phi) is 3.87. The van der Waals surface area contributed by atoms with Crippen LogP contribution in [0.4, 0.5) is 0 Å². The molecule has 0 radical (unpaired) electrons. The zero-order chi connectivity index (χ0) is 13.2. The Hall–Kier alpha value is -1.14. The highest BCUT2D eigenvalue weighted by molar-refractivity contribution is 5.87. The zero-order valence-corrected chi connectivity index (χ0v) is 10.7. The van der Waals surface area contributed by atoms with Crippen molar-refractivity contribution in [2.75, 3.05) is 19.6 Å². The fraction of sp³-hybridized carbons (Fsp3) is 0.833. The summed E-state index contributed by atoms with van der Waals surface area (Å²) in [5, 5.41) is 3.03. The van der Waals surface area contributed by atoms with Crippen molar-refractivity contribution >= 4 is 11.8 Å². The second kappa shape index (κ2) is 5.24. The summed E-state index contributed by atoms with van der Waals surface area (Å²) in [5.74, 6) is -0.310. The first-order valence-corrected chi connectivity index (χ1v) is 6.60. The quantitative estimate of drug-likeness (QED) is 0.595. The molecular formula is C12H22N4O2. The topological polar surface area (TPSA) is 101 Å². The van der Waals surface area contributed by atoms with Gasteiger partial charge in [-0.1, -0.05) is 0 Å². The minimum Gasteiger partial charge on any atom is -0.369 e. The summed E-state index contributed by atoms with van der Waals surface area (Å²) in [7, 11) is 0. The smallest absolute Gasteiger partial charge is 0.240 e. The van der Waals surface area contributed by atoms with Crippen molar-refractivity contribution in [1.82, 2.24) is 10.2 Å².